The SMILES string of the molecule is NC(=O)c1cncc(-c2ccc(O)cc2)c1. The van der Waals surface area contributed by atoms with E-state index in [0.717, 1.165) is 11.1 Å². The summed E-state index contributed by atoms with van der Waals surface area (Å²) in [6, 6.07) is 8.31. The Hall–Kier alpha value is -2.36. The van der Waals surface area contributed by atoms with E-state index in [1.807, 2.05) is 0 Å². The zero-order valence-corrected chi connectivity index (χ0v) is 8.42. The molecular weight excluding hydrogens is 204 g/mol. The minimum atomic E-state index is -0.506. The molecule has 1 amide bonds. The summed E-state index contributed by atoms with van der Waals surface area (Å²) in [7, 11) is 0. The molecule has 3 N–H and O–H groups in total. The van der Waals surface area contributed by atoms with Gasteiger partial charge in [0, 0.05) is 18.0 Å². The van der Waals surface area contributed by atoms with Gasteiger partial charge in [0.15, 0.2) is 0 Å². The molecule has 0 fully saturated rings. The van der Waals surface area contributed by atoms with Gasteiger partial charge in [0.1, 0.15) is 5.75 Å². The highest BCUT2D eigenvalue weighted by atomic mass is 16.3. The fourth-order valence-corrected chi connectivity index (χ4v) is 1.39. The minimum Gasteiger partial charge on any atom is -0.508 e. The fraction of sp³-hybridized carbons (Fsp3) is 0. The number of phenolic OH excluding ortho intramolecular Hbond substituents is 1. The maximum atomic E-state index is 11.0. The minimum absolute atomic E-state index is 0.197. The Morgan fingerprint density at radius 2 is 1.81 bits per heavy atom. The average Bonchev–Trinajstić information content (AvgIpc) is 2.30. The van der Waals surface area contributed by atoms with Gasteiger partial charge in [0.25, 0.3) is 0 Å². The van der Waals surface area contributed by atoms with Crippen molar-refractivity contribution >= 4 is 5.91 Å². The van der Waals surface area contributed by atoms with Gasteiger partial charge in [-0.15, -0.1) is 0 Å². The van der Waals surface area contributed by atoms with Crippen LogP contribution in [0, 0.1) is 0 Å². The first kappa shape index (κ1) is 10.2. The molecule has 16 heavy (non-hydrogen) atoms. The van der Waals surface area contributed by atoms with Gasteiger partial charge in [0.05, 0.1) is 5.56 Å². The Bertz CT molecular complexity index is 521. The van der Waals surface area contributed by atoms with E-state index in [1.54, 1.807) is 36.5 Å². The molecule has 0 unspecified atom stereocenters. The Labute approximate surface area is 92.4 Å². The summed E-state index contributed by atoms with van der Waals surface area (Å²) in [6.07, 6.45) is 3.06. The van der Waals surface area contributed by atoms with Crippen molar-refractivity contribution < 1.29 is 9.90 Å². The van der Waals surface area contributed by atoms with Crippen molar-refractivity contribution in [3.63, 3.8) is 0 Å². The van der Waals surface area contributed by atoms with Crippen molar-refractivity contribution in [2.75, 3.05) is 0 Å². The number of benzene rings is 1. The molecule has 0 aliphatic heterocycles. The van der Waals surface area contributed by atoms with Crippen LogP contribution in [-0.4, -0.2) is 16.0 Å². The summed E-state index contributed by atoms with van der Waals surface area (Å²) < 4.78 is 0. The molecule has 0 aliphatic carbocycles. The fourth-order valence-electron chi connectivity index (χ4n) is 1.39. The van der Waals surface area contributed by atoms with Crippen LogP contribution >= 0.6 is 0 Å². The van der Waals surface area contributed by atoms with Crippen molar-refractivity contribution in [3.8, 4) is 16.9 Å². The molecule has 1 heterocycles. The smallest absolute Gasteiger partial charge is 0.250 e. The number of rotatable bonds is 2. The lowest BCUT2D eigenvalue weighted by atomic mass is 10.1. The molecule has 1 aromatic carbocycles. The predicted molar refractivity (Wildman–Crippen MR) is 59.9 cm³/mol. The third-order valence-corrected chi connectivity index (χ3v) is 2.22. The number of aromatic nitrogens is 1. The van der Waals surface area contributed by atoms with Crippen LogP contribution in [-0.2, 0) is 0 Å². The monoisotopic (exact) mass is 214 g/mol. The molecule has 0 radical (unpaired) electrons. The Balaban J connectivity index is 2.44. The molecule has 1 aromatic heterocycles. The molecule has 2 aromatic rings. The Morgan fingerprint density at radius 3 is 2.44 bits per heavy atom. The summed E-state index contributed by atoms with van der Waals surface area (Å²) in [5, 5.41) is 9.16. The number of nitrogens with zero attached hydrogens (tertiary/aromatic N) is 1. The summed E-state index contributed by atoms with van der Waals surface area (Å²) in [6.45, 7) is 0. The molecule has 4 nitrogen and oxygen atoms in total. The number of phenols is 1. The second-order valence-electron chi connectivity index (χ2n) is 3.37. The van der Waals surface area contributed by atoms with Crippen molar-refractivity contribution in [2.45, 2.75) is 0 Å². The predicted octanol–water partition coefficient (Wildman–Crippen LogP) is 1.55. The Morgan fingerprint density at radius 1 is 1.12 bits per heavy atom. The van der Waals surface area contributed by atoms with Crippen LogP contribution < -0.4 is 5.73 Å². The number of hydrogen-bond donors (Lipinski definition) is 2. The van der Waals surface area contributed by atoms with E-state index in [-0.39, 0.29) is 5.75 Å². The number of hydrogen-bond acceptors (Lipinski definition) is 3. The van der Waals surface area contributed by atoms with Gasteiger partial charge >= 0.3 is 0 Å². The summed E-state index contributed by atoms with van der Waals surface area (Å²) >= 11 is 0. The van der Waals surface area contributed by atoms with E-state index >= 15 is 0 Å². The van der Waals surface area contributed by atoms with Crippen molar-refractivity contribution in [1.82, 2.24) is 4.98 Å². The topological polar surface area (TPSA) is 76.2 Å². The zero-order valence-electron chi connectivity index (χ0n) is 8.42. The molecule has 0 spiro atoms. The number of nitrogens with two attached hydrogens (primary N) is 1. The second-order valence-corrected chi connectivity index (χ2v) is 3.37. The van der Waals surface area contributed by atoms with E-state index in [0.29, 0.717) is 5.56 Å². The maximum Gasteiger partial charge on any atom is 0.250 e. The summed E-state index contributed by atoms with van der Waals surface area (Å²) in [4.78, 5) is 14.9. The number of primary amides is 1. The molecule has 80 valence electrons. The van der Waals surface area contributed by atoms with Crippen molar-refractivity contribution in [1.29, 1.82) is 0 Å². The first-order valence-corrected chi connectivity index (χ1v) is 4.71. The van der Waals surface area contributed by atoms with Gasteiger partial charge in [-0.05, 0) is 23.8 Å². The van der Waals surface area contributed by atoms with Gasteiger partial charge in [-0.1, -0.05) is 12.1 Å². The van der Waals surface area contributed by atoms with E-state index < -0.39 is 5.91 Å². The number of amides is 1. The van der Waals surface area contributed by atoms with Crippen LogP contribution in [0.25, 0.3) is 11.1 Å². The van der Waals surface area contributed by atoms with Gasteiger partial charge in [-0.25, -0.2) is 0 Å². The van der Waals surface area contributed by atoms with Gasteiger partial charge < -0.3 is 10.8 Å². The highest BCUT2D eigenvalue weighted by Gasteiger charge is 2.03. The van der Waals surface area contributed by atoms with Crippen molar-refractivity contribution in [2.24, 2.45) is 5.73 Å². The van der Waals surface area contributed by atoms with E-state index in [1.165, 1.54) is 6.20 Å². The van der Waals surface area contributed by atoms with Crippen LogP contribution in [0.15, 0.2) is 42.7 Å². The third-order valence-electron chi connectivity index (χ3n) is 2.22. The normalized spacial score (nSPS) is 10.0. The van der Waals surface area contributed by atoms with Crippen LogP contribution in [0.5, 0.6) is 5.75 Å². The Kier molecular flexibility index (Phi) is 2.55. The van der Waals surface area contributed by atoms with Crippen LogP contribution in [0.4, 0.5) is 0 Å². The summed E-state index contributed by atoms with van der Waals surface area (Å²) in [5.41, 5.74) is 7.19. The quantitative estimate of drug-likeness (QED) is 0.796. The molecule has 0 saturated heterocycles. The first-order valence-electron chi connectivity index (χ1n) is 4.71. The third kappa shape index (κ3) is 2.00. The van der Waals surface area contributed by atoms with Crippen LogP contribution in [0.2, 0.25) is 0 Å². The molecule has 0 aliphatic rings. The van der Waals surface area contributed by atoms with E-state index in [2.05, 4.69) is 4.98 Å². The molecule has 4 heteroatoms. The first-order chi connectivity index (χ1) is 7.66. The van der Waals surface area contributed by atoms with Gasteiger partial charge in [-0.2, -0.15) is 0 Å². The lowest BCUT2D eigenvalue weighted by molar-refractivity contribution is 0.1000. The maximum absolute atomic E-state index is 11.0. The largest absolute Gasteiger partial charge is 0.508 e. The second kappa shape index (κ2) is 4.02. The van der Waals surface area contributed by atoms with Crippen molar-refractivity contribution in [3.05, 3.63) is 48.3 Å². The average molecular weight is 214 g/mol. The molecule has 0 saturated carbocycles. The van der Waals surface area contributed by atoms with Gasteiger partial charge in [0.2, 0.25) is 5.91 Å². The molecular formula is C12H10N2O2. The molecule has 2 rings (SSSR count). The number of aromatic hydroxyl groups is 1. The van der Waals surface area contributed by atoms with Gasteiger partial charge in [-0.3, -0.25) is 9.78 Å². The standard InChI is InChI=1S/C12H10N2O2/c13-12(16)10-5-9(6-14-7-10)8-1-3-11(15)4-2-8/h1-7,15H,(H2,13,16). The lowest BCUT2D eigenvalue weighted by Crippen LogP contribution is -2.11. The number of pyridine rings is 1. The summed E-state index contributed by atoms with van der Waals surface area (Å²) in [5.74, 6) is -0.309. The van der Waals surface area contributed by atoms with Crippen LogP contribution in [0.1, 0.15) is 10.4 Å². The molecule has 0 bridgehead atoms. The van der Waals surface area contributed by atoms with Crippen LogP contribution in [0.3, 0.4) is 0 Å². The van der Waals surface area contributed by atoms with E-state index in [4.69, 9.17) is 10.8 Å². The van der Waals surface area contributed by atoms with E-state index in [9.17, 15) is 4.79 Å². The number of carbonyl (C=O) groups is 1. The highest BCUT2D eigenvalue weighted by Crippen LogP contribution is 2.21. The zero-order chi connectivity index (χ0) is 11.5. The molecule has 0 atom stereocenters. The number of carbonyl (C=O) groups excluding carboxylic acids is 1. The highest BCUT2D eigenvalue weighted by molar-refractivity contribution is 5.93. The lowest BCUT2D eigenvalue weighted by Gasteiger charge is -2.02.